The fourth-order valence-corrected chi connectivity index (χ4v) is 9.29. The van der Waals surface area contributed by atoms with E-state index in [9.17, 15) is 0 Å². The molecule has 2 aliphatic heterocycles. The van der Waals surface area contributed by atoms with E-state index in [-0.39, 0.29) is 35.2 Å². The highest BCUT2D eigenvalue weighted by atomic mass is 16.8. The highest BCUT2D eigenvalue weighted by Crippen LogP contribution is 2.56. The summed E-state index contributed by atoms with van der Waals surface area (Å²) in [5, 5.41) is 0. The molecule has 2 heterocycles. The second-order valence-electron chi connectivity index (χ2n) is 18.5. The molecule has 0 bridgehead atoms. The van der Waals surface area contributed by atoms with E-state index in [1.807, 2.05) is 27.7 Å². The van der Waals surface area contributed by atoms with Gasteiger partial charge in [0.1, 0.15) is 12.2 Å². The van der Waals surface area contributed by atoms with Crippen molar-refractivity contribution in [1.82, 2.24) is 0 Å². The lowest BCUT2D eigenvalue weighted by atomic mass is 9.67. The molecule has 0 aromatic carbocycles. The molecule has 4 rings (SSSR count). The molecule has 6 unspecified atom stereocenters. The smallest absolute Gasteiger partial charge is 0.220 e. The zero-order valence-corrected chi connectivity index (χ0v) is 38.3. The first-order chi connectivity index (χ1) is 26.5. The zero-order chi connectivity index (χ0) is 42.6. The van der Waals surface area contributed by atoms with Crippen LogP contribution in [0.1, 0.15) is 116 Å². The third-order valence-electron chi connectivity index (χ3n) is 12.3. The van der Waals surface area contributed by atoms with Crippen molar-refractivity contribution in [1.29, 1.82) is 0 Å². The minimum atomic E-state index is -0.876. The first-order valence-electron chi connectivity index (χ1n) is 20.6. The van der Waals surface area contributed by atoms with Gasteiger partial charge in [0.05, 0.1) is 12.2 Å². The van der Waals surface area contributed by atoms with Gasteiger partial charge in [-0.05, 0) is 116 Å². The Morgan fingerprint density at radius 3 is 1.51 bits per heavy atom. The maximum atomic E-state index is 6.42. The van der Waals surface area contributed by atoms with Crippen LogP contribution < -0.4 is 0 Å². The molecule has 0 spiro atoms. The maximum Gasteiger partial charge on any atom is 0.220 e. The van der Waals surface area contributed by atoms with Crippen LogP contribution in [0.4, 0.5) is 0 Å². The third-order valence-corrected chi connectivity index (χ3v) is 12.3. The predicted molar refractivity (Wildman–Crippen MR) is 230 cm³/mol. The van der Waals surface area contributed by atoms with Gasteiger partial charge in [0, 0.05) is 28.4 Å². The number of hydrogen-bond acceptors (Lipinski definition) is 8. The summed E-state index contributed by atoms with van der Waals surface area (Å²) in [7, 11) is 6.96. The summed E-state index contributed by atoms with van der Waals surface area (Å²) in [5.41, 5.74) is 8.04. The Morgan fingerprint density at radius 2 is 1.07 bits per heavy atom. The number of ether oxygens (including phenoxy) is 8. The predicted octanol–water partition coefficient (Wildman–Crippen LogP) is 11.3. The van der Waals surface area contributed by atoms with Gasteiger partial charge in [-0.3, -0.25) is 0 Å². The van der Waals surface area contributed by atoms with E-state index in [0.29, 0.717) is 0 Å². The average Bonchev–Trinajstić information content (AvgIpc) is 3.56. The van der Waals surface area contributed by atoms with E-state index >= 15 is 0 Å². The van der Waals surface area contributed by atoms with Gasteiger partial charge in [0.15, 0.2) is 11.6 Å². The van der Waals surface area contributed by atoms with Crippen LogP contribution in [-0.2, 0) is 37.9 Å². The van der Waals surface area contributed by atoms with Gasteiger partial charge in [-0.1, -0.05) is 117 Å². The highest BCUT2D eigenvalue weighted by Gasteiger charge is 2.61. The van der Waals surface area contributed by atoms with Crippen molar-refractivity contribution in [3.8, 4) is 0 Å². The van der Waals surface area contributed by atoms with Crippen LogP contribution in [0.5, 0.6) is 0 Å². The van der Waals surface area contributed by atoms with Gasteiger partial charge in [-0.15, -0.1) is 0 Å². The first-order valence-corrected chi connectivity index (χ1v) is 20.6. The second kappa shape index (κ2) is 18.3. The van der Waals surface area contributed by atoms with Crippen molar-refractivity contribution < 1.29 is 37.9 Å². The van der Waals surface area contributed by atoms with Crippen LogP contribution >= 0.6 is 0 Å². The lowest BCUT2D eigenvalue weighted by molar-refractivity contribution is -0.228. The molecule has 0 N–H and O–H groups in total. The van der Waals surface area contributed by atoms with E-state index < -0.39 is 23.1 Å². The van der Waals surface area contributed by atoms with Crippen molar-refractivity contribution in [2.45, 2.75) is 163 Å². The molecule has 0 amide bonds. The lowest BCUT2D eigenvalue weighted by Gasteiger charge is -2.45. The largest absolute Gasteiger partial charge is 0.377 e. The monoisotopic (exact) mass is 791 g/mol. The van der Waals surface area contributed by atoms with Crippen molar-refractivity contribution in [2.75, 3.05) is 28.4 Å². The quantitative estimate of drug-likeness (QED) is 0.113. The molecule has 2 aliphatic carbocycles. The lowest BCUT2D eigenvalue weighted by Crippen LogP contribution is -2.50. The Bertz CT molecular complexity index is 1730. The Kier molecular flexibility index (Phi) is 15.1. The van der Waals surface area contributed by atoms with Gasteiger partial charge in [0.2, 0.25) is 11.6 Å². The SMILES string of the molecule is COC(/C=C/C=C/C(C)=C/C=C/C=C(C)/C=C/C=C(\C)C(CC1=C(C)C2(OC)OC(C)(C)OC2CC1(C)C)OC)CC1=C(C)C2(OC)OC(C)(C)OC2CC1(C)C. The molecule has 318 valence electrons. The van der Waals surface area contributed by atoms with Crippen molar-refractivity contribution in [2.24, 2.45) is 10.8 Å². The molecule has 0 saturated carbocycles. The Morgan fingerprint density at radius 1 is 0.614 bits per heavy atom. The molecule has 2 saturated heterocycles. The standard InChI is InChI=1S/C49H74O8/c1-33(25-20-21-28-38(50-14)29-39-36(4)48(52-16)42(31-44(39,6)7)54-46(10,11)56-48)23-18-19-24-34(2)26-22-27-35(3)41(51-15)30-40-37(5)49(53-17)43(32-45(40,8)9)55-47(12,13)57-49/h18-28,38,41-43H,29-32H2,1-17H3/b19-18+,25-20+,26-22+,28-21+,33-23+,34-24+,35-27+. The Labute approximate surface area is 345 Å². The molecule has 2 fully saturated rings. The van der Waals surface area contributed by atoms with Gasteiger partial charge in [-0.25, -0.2) is 0 Å². The van der Waals surface area contributed by atoms with Gasteiger partial charge in [-0.2, -0.15) is 0 Å². The fourth-order valence-electron chi connectivity index (χ4n) is 9.29. The van der Waals surface area contributed by atoms with Crippen LogP contribution in [0.2, 0.25) is 0 Å². The molecule has 57 heavy (non-hydrogen) atoms. The molecule has 0 aromatic heterocycles. The summed E-state index contributed by atoms with van der Waals surface area (Å²) in [6.07, 6.45) is 25.7. The molecular weight excluding hydrogens is 717 g/mol. The van der Waals surface area contributed by atoms with Gasteiger partial charge >= 0.3 is 0 Å². The summed E-state index contributed by atoms with van der Waals surface area (Å²) in [4.78, 5) is 0. The van der Waals surface area contributed by atoms with E-state index in [1.165, 1.54) is 11.1 Å². The molecule has 4 aliphatic rings. The van der Waals surface area contributed by atoms with Crippen molar-refractivity contribution in [3.63, 3.8) is 0 Å². The number of hydrogen-bond donors (Lipinski definition) is 0. The number of allylic oxidation sites excluding steroid dienone is 12. The van der Waals surface area contributed by atoms with Crippen LogP contribution in [0, 0.1) is 10.8 Å². The number of rotatable bonds is 16. The average molecular weight is 791 g/mol. The zero-order valence-electron chi connectivity index (χ0n) is 38.3. The van der Waals surface area contributed by atoms with E-state index in [0.717, 1.165) is 53.5 Å². The fraction of sp³-hybridized carbons (Fsp3) is 0.633. The summed E-state index contributed by atoms with van der Waals surface area (Å²) in [6, 6.07) is 0. The van der Waals surface area contributed by atoms with Crippen LogP contribution in [0.3, 0.4) is 0 Å². The molecule has 0 aromatic rings. The van der Waals surface area contributed by atoms with Crippen LogP contribution in [0.25, 0.3) is 0 Å². The van der Waals surface area contributed by atoms with Crippen molar-refractivity contribution in [3.05, 3.63) is 106 Å². The van der Waals surface area contributed by atoms with Crippen LogP contribution in [0.15, 0.2) is 106 Å². The minimum Gasteiger partial charge on any atom is -0.377 e. The first kappa shape index (κ1) is 47.0. The molecule has 6 atom stereocenters. The molecular formula is C49H74O8. The van der Waals surface area contributed by atoms with E-state index in [2.05, 4.69) is 129 Å². The summed E-state index contributed by atoms with van der Waals surface area (Å²) < 4.78 is 49.5. The normalized spacial score (nSPS) is 31.4. The van der Waals surface area contributed by atoms with Crippen LogP contribution in [-0.4, -0.2) is 76.0 Å². The van der Waals surface area contributed by atoms with E-state index in [1.54, 1.807) is 28.4 Å². The van der Waals surface area contributed by atoms with Gasteiger partial charge < -0.3 is 37.9 Å². The third kappa shape index (κ3) is 10.6. The number of methoxy groups -OCH3 is 4. The maximum absolute atomic E-state index is 6.42. The highest BCUT2D eigenvalue weighted by molar-refractivity contribution is 5.36. The second-order valence-corrected chi connectivity index (χ2v) is 18.5. The molecule has 8 nitrogen and oxygen atoms in total. The van der Waals surface area contributed by atoms with E-state index in [4.69, 9.17) is 37.9 Å². The molecule has 8 heteroatoms. The Balaban J connectivity index is 1.34. The summed E-state index contributed by atoms with van der Waals surface area (Å²) in [6.45, 7) is 27.5. The summed E-state index contributed by atoms with van der Waals surface area (Å²) in [5.74, 6) is -3.16. The van der Waals surface area contributed by atoms with Crippen molar-refractivity contribution >= 4 is 0 Å². The summed E-state index contributed by atoms with van der Waals surface area (Å²) >= 11 is 0. The topological polar surface area (TPSA) is 73.8 Å². The molecule has 0 radical (unpaired) electrons. The Hall–Kier alpha value is -2.66. The van der Waals surface area contributed by atoms with Gasteiger partial charge in [0.25, 0.3) is 0 Å². The number of fused-ring (bicyclic) bond motifs is 2. The minimum absolute atomic E-state index is 0.0764.